The van der Waals surface area contributed by atoms with Gasteiger partial charge in [0.1, 0.15) is 0 Å². The Hall–Kier alpha value is -0.980. The number of hydrogen-bond donors (Lipinski definition) is 1. The lowest BCUT2D eigenvalue weighted by Gasteiger charge is -1.94. The zero-order valence-electron chi connectivity index (χ0n) is 5.83. The number of hydrogen-bond acceptors (Lipinski definition) is 1. The summed E-state index contributed by atoms with van der Waals surface area (Å²) >= 11 is 0. The second-order valence-electron chi connectivity index (χ2n) is 1.56. The Labute approximate surface area is 50.8 Å². The molecular weight excluding hydrogens is 98.1 g/mol. The molecule has 1 heteroatoms. The van der Waals surface area contributed by atoms with Crippen molar-refractivity contribution in [3.63, 3.8) is 0 Å². The Morgan fingerprint density at radius 1 is 1.38 bits per heavy atom. The van der Waals surface area contributed by atoms with Gasteiger partial charge in [0.25, 0.3) is 0 Å². The van der Waals surface area contributed by atoms with E-state index in [0.717, 1.165) is 5.69 Å². The highest BCUT2D eigenvalue weighted by atomic mass is 14.8. The van der Waals surface area contributed by atoms with Crippen molar-refractivity contribution in [3.8, 4) is 0 Å². The summed E-state index contributed by atoms with van der Waals surface area (Å²) in [4.78, 5) is 0. The normalized spacial score (nSPS) is 10.4. The zero-order valence-corrected chi connectivity index (χ0v) is 4.83. The number of rotatable bonds is 1. The molecular formula is C7H9N. The van der Waals surface area contributed by atoms with Crippen LogP contribution in [-0.4, -0.2) is 7.05 Å². The van der Waals surface area contributed by atoms with Crippen LogP contribution in [0.2, 0.25) is 1.41 Å². The smallest absolute Gasteiger partial charge is 0.160 e. The van der Waals surface area contributed by atoms with Crippen LogP contribution in [-0.2, 0) is 0 Å². The van der Waals surface area contributed by atoms with Gasteiger partial charge >= 0.3 is 0 Å². The Balaban J connectivity index is 2.85. The first-order valence-corrected chi connectivity index (χ1v) is 2.58. The minimum absolute atomic E-state index is 0.914. The Morgan fingerprint density at radius 3 is 2.38 bits per heavy atom. The predicted molar refractivity (Wildman–Crippen MR) is 36.0 cm³/mol. The van der Waals surface area contributed by atoms with Crippen LogP contribution in [0.15, 0.2) is 30.3 Å². The van der Waals surface area contributed by atoms with Gasteiger partial charge in [-0.05, 0) is 12.1 Å². The van der Waals surface area contributed by atoms with Gasteiger partial charge < -0.3 is 5.31 Å². The van der Waals surface area contributed by atoms with E-state index in [2.05, 4.69) is 0 Å². The third-order valence-corrected chi connectivity index (χ3v) is 1.01. The van der Waals surface area contributed by atoms with Gasteiger partial charge in [0.2, 0.25) is 0 Å². The SMILES string of the molecule is [3H]N(C)c1ccccc1. The van der Waals surface area contributed by atoms with Crippen molar-refractivity contribution >= 4 is 5.69 Å². The highest BCUT2D eigenvalue weighted by Gasteiger charge is 1.77. The van der Waals surface area contributed by atoms with Gasteiger partial charge in [-0.25, -0.2) is 0 Å². The molecule has 0 fully saturated rings. The molecule has 0 atom stereocenters. The van der Waals surface area contributed by atoms with Gasteiger partial charge in [-0.2, -0.15) is 0 Å². The maximum atomic E-state index is 7.15. The molecule has 0 aliphatic heterocycles. The minimum Gasteiger partial charge on any atom is -0.388 e. The molecule has 42 valence electrons. The van der Waals surface area contributed by atoms with Crippen molar-refractivity contribution in [1.29, 1.82) is 0 Å². The zero-order chi connectivity index (χ0) is 6.69. The lowest BCUT2D eigenvalue weighted by molar-refractivity contribution is 1.51. The van der Waals surface area contributed by atoms with E-state index in [-0.39, 0.29) is 0 Å². The van der Waals surface area contributed by atoms with Gasteiger partial charge in [0, 0.05) is 12.7 Å². The first kappa shape index (κ1) is 3.96. The molecule has 0 heterocycles. The topological polar surface area (TPSA) is 12.0 Å². The molecule has 0 amide bonds. The fourth-order valence-electron chi connectivity index (χ4n) is 0.577. The molecule has 0 unspecified atom stereocenters. The minimum atomic E-state index is 0.914. The summed E-state index contributed by atoms with van der Waals surface area (Å²) in [6, 6.07) is 9.56. The summed E-state index contributed by atoms with van der Waals surface area (Å²) in [5, 5.41) is 1.33. The number of benzene rings is 1. The lowest BCUT2D eigenvalue weighted by Crippen LogP contribution is -1.84. The Bertz CT molecular complexity index is 172. The van der Waals surface area contributed by atoms with Crippen LogP contribution in [0, 0.1) is 0 Å². The second kappa shape index (κ2) is 2.36. The van der Waals surface area contributed by atoms with Crippen molar-refractivity contribution < 1.29 is 1.41 Å². The van der Waals surface area contributed by atoms with E-state index < -0.39 is 0 Å². The number of nitrogens with one attached hydrogen (secondary N) is 1. The van der Waals surface area contributed by atoms with E-state index in [1.54, 1.807) is 7.05 Å². The maximum absolute atomic E-state index is 7.15. The summed E-state index contributed by atoms with van der Waals surface area (Å²) in [6.07, 6.45) is 0. The van der Waals surface area contributed by atoms with Gasteiger partial charge in [0.15, 0.2) is 1.41 Å². The van der Waals surface area contributed by atoms with Crippen LogP contribution in [0.5, 0.6) is 0 Å². The molecule has 0 spiro atoms. The molecule has 0 aliphatic carbocycles. The average molecular weight is 109 g/mol. The Kier molecular flexibility index (Phi) is 1.17. The van der Waals surface area contributed by atoms with Crippen LogP contribution >= 0.6 is 0 Å². The molecule has 1 aromatic carbocycles. The first-order valence-electron chi connectivity index (χ1n) is 3.03. The molecule has 0 aromatic heterocycles. The van der Waals surface area contributed by atoms with Gasteiger partial charge in [-0.3, -0.25) is 0 Å². The molecule has 0 aliphatic rings. The number of anilines is 1. The highest BCUT2D eigenvalue weighted by Crippen LogP contribution is 2.01. The molecule has 0 saturated heterocycles. The lowest BCUT2D eigenvalue weighted by atomic mass is 10.3. The predicted octanol–water partition coefficient (Wildman–Crippen LogP) is 1.73. The third-order valence-electron chi connectivity index (χ3n) is 1.01. The van der Waals surface area contributed by atoms with E-state index in [1.165, 1.54) is 5.31 Å². The fraction of sp³-hybridized carbons (Fsp3) is 0.143. The van der Waals surface area contributed by atoms with Crippen molar-refractivity contribution in [2.24, 2.45) is 0 Å². The summed E-state index contributed by atoms with van der Waals surface area (Å²) in [6.45, 7) is 0. The molecule has 1 rings (SSSR count). The van der Waals surface area contributed by atoms with Crippen molar-refractivity contribution in [2.75, 3.05) is 12.4 Å². The summed E-state index contributed by atoms with van der Waals surface area (Å²) in [7, 11) is 1.70. The van der Waals surface area contributed by atoms with Crippen LogP contribution in [0.3, 0.4) is 0 Å². The largest absolute Gasteiger partial charge is 0.388 e. The van der Waals surface area contributed by atoms with Crippen LogP contribution in [0.1, 0.15) is 0 Å². The van der Waals surface area contributed by atoms with E-state index in [0.29, 0.717) is 0 Å². The van der Waals surface area contributed by atoms with Crippen LogP contribution < -0.4 is 5.31 Å². The molecule has 0 bridgehead atoms. The van der Waals surface area contributed by atoms with Gasteiger partial charge in [-0.15, -0.1) is 0 Å². The monoisotopic (exact) mass is 109 g/mol. The van der Waals surface area contributed by atoms with E-state index in [4.69, 9.17) is 1.41 Å². The van der Waals surface area contributed by atoms with E-state index >= 15 is 0 Å². The van der Waals surface area contributed by atoms with Crippen LogP contribution in [0.25, 0.3) is 0 Å². The van der Waals surface area contributed by atoms with Gasteiger partial charge in [0.05, 0.1) is 0 Å². The average Bonchev–Trinajstić information content (AvgIpc) is 1.90. The fourth-order valence-corrected chi connectivity index (χ4v) is 0.577. The highest BCUT2D eigenvalue weighted by molar-refractivity contribution is 5.41. The summed E-state index contributed by atoms with van der Waals surface area (Å²) in [5.41, 5.74) is 0.914. The van der Waals surface area contributed by atoms with Gasteiger partial charge in [-0.1, -0.05) is 18.2 Å². The number of para-hydroxylation sites is 1. The molecule has 1 nitrogen and oxygen atoms in total. The third kappa shape index (κ3) is 0.997. The molecule has 0 radical (unpaired) electrons. The molecule has 1 aromatic rings. The molecule has 1 N–H and O–H groups in total. The van der Waals surface area contributed by atoms with E-state index in [1.807, 2.05) is 30.3 Å². The van der Waals surface area contributed by atoms with Crippen molar-refractivity contribution in [2.45, 2.75) is 0 Å². The maximum Gasteiger partial charge on any atom is 0.160 e. The quantitative estimate of drug-likeness (QED) is 0.579. The second-order valence-corrected chi connectivity index (χ2v) is 1.56. The summed E-state index contributed by atoms with van der Waals surface area (Å²) < 4.78 is 7.15. The Morgan fingerprint density at radius 2 is 2.00 bits per heavy atom. The molecule has 0 saturated carbocycles. The van der Waals surface area contributed by atoms with Crippen molar-refractivity contribution in [3.05, 3.63) is 30.3 Å². The first-order chi connectivity index (χ1) is 4.30. The summed E-state index contributed by atoms with van der Waals surface area (Å²) in [5.74, 6) is 0. The standard InChI is InChI=1S/C7H9N/c1-8-7-5-3-2-4-6-7/h2-6,8H,1H3/i/hT. The van der Waals surface area contributed by atoms with Crippen molar-refractivity contribution in [1.82, 2.24) is 0 Å². The molecule has 8 heavy (non-hydrogen) atoms. The van der Waals surface area contributed by atoms with E-state index in [9.17, 15) is 0 Å². The van der Waals surface area contributed by atoms with Crippen LogP contribution in [0.4, 0.5) is 5.69 Å².